The second-order valence-corrected chi connectivity index (χ2v) is 10.6. The molecule has 1 amide bonds. The van der Waals surface area contributed by atoms with E-state index in [1.165, 1.54) is 33.2 Å². The monoisotopic (exact) mass is 581 g/mol. The smallest absolute Gasteiger partial charge is 0.251 e. The molecular formula is C29H34IN4O+. The number of carbonyl (C=O) groups excluding carboxylic acids is 1. The number of nitrogens with one attached hydrogen (secondary N) is 1. The molecule has 0 unspecified atom stereocenters. The number of benzene rings is 3. The molecule has 4 aromatic rings. The summed E-state index contributed by atoms with van der Waals surface area (Å²) in [6, 6.07) is 23.4. The molecule has 35 heavy (non-hydrogen) atoms. The van der Waals surface area contributed by atoms with E-state index in [1.807, 2.05) is 24.3 Å². The minimum atomic E-state index is 0.00301. The summed E-state index contributed by atoms with van der Waals surface area (Å²) in [4.78, 5) is 16.7. The van der Waals surface area contributed by atoms with Crippen molar-refractivity contribution in [1.29, 1.82) is 0 Å². The first kappa shape index (κ1) is 25.2. The summed E-state index contributed by atoms with van der Waals surface area (Å²) in [5, 5.41) is 5.57. The van der Waals surface area contributed by atoms with E-state index >= 15 is 0 Å². The van der Waals surface area contributed by atoms with Crippen molar-refractivity contribution in [3.05, 3.63) is 75.9 Å². The third kappa shape index (κ3) is 6.04. The summed E-state index contributed by atoms with van der Waals surface area (Å²) in [6.07, 6.45) is 3.07. The molecule has 0 spiro atoms. The van der Waals surface area contributed by atoms with Gasteiger partial charge in [0.15, 0.2) is 0 Å². The predicted octanol–water partition coefficient (Wildman–Crippen LogP) is 5.62. The highest BCUT2D eigenvalue weighted by atomic mass is 127. The van der Waals surface area contributed by atoms with Crippen molar-refractivity contribution in [1.82, 2.24) is 5.32 Å². The molecule has 1 N–H and O–H groups in total. The van der Waals surface area contributed by atoms with Gasteiger partial charge in [-0.3, -0.25) is 4.79 Å². The van der Waals surface area contributed by atoms with Gasteiger partial charge < -0.3 is 15.1 Å². The molecule has 0 saturated carbocycles. The van der Waals surface area contributed by atoms with Gasteiger partial charge in [-0.15, -0.1) is 0 Å². The highest BCUT2D eigenvalue weighted by Crippen LogP contribution is 2.25. The summed E-state index contributed by atoms with van der Waals surface area (Å²) in [5.74, 6) is 0.00301. The number of amides is 1. The molecular weight excluding hydrogens is 547 g/mol. The van der Waals surface area contributed by atoms with Crippen molar-refractivity contribution >= 4 is 61.7 Å². The molecule has 0 aliphatic heterocycles. The number of carbonyl (C=O) groups is 1. The topological polar surface area (TPSA) is 39.5 Å². The van der Waals surface area contributed by atoms with Crippen LogP contribution in [0.3, 0.4) is 0 Å². The number of aromatic nitrogens is 1. The van der Waals surface area contributed by atoms with Gasteiger partial charge in [-0.25, -0.2) is 0 Å². The molecule has 0 saturated heterocycles. The summed E-state index contributed by atoms with van der Waals surface area (Å²) in [7, 11) is 8.34. The standard InChI is InChI=1S/C29H33IN4O/c1-32(2)25-14-10-22-18-23-11-15-26(33(3)4)20-28(23)34(27(22)19-25)17-7-5-6-16-31-29(35)21-8-12-24(30)13-9-21/h8-15,18-20H,5-7,16-17H2,1-4H3/p+1. The molecule has 5 nitrogen and oxygen atoms in total. The third-order valence-corrected chi connectivity index (χ3v) is 7.12. The SMILES string of the molecule is CN(C)c1ccc2cc3ccc(N(C)C)cc3[n+](CCCCCNC(=O)c3ccc(I)cc3)c2c1. The number of unbranched alkanes of at least 4 members (excludes halogenated alkanes) is 2. The van der Waals surface area contributed by atoms with Crippen LogP contribution in [-0.2, 0) is 6.54 Å². The van der Waals surface area contributed by atoms with Crippen LogP contribution in [-0.4, -0.2) is 40.6 Å². The van der Waals surface area contributed by atoms with Crippen LogP contribution in [0, 0.1) is 3.57 Å². The Bertz CT molecular complexity index is 1270. The molecule has 182 valence electrons. The van der Waals surface area contributed by atoms with Crippen LogP contribution >= 0.6 is 22.6 Å². The Morgan fingerprint density at radius 2 is 1.34 bits per heavy atom. The van der Waals surface area contributed by atoms with Gasteiger partial charge in [0, 0.05) is 84.6 Å². The van der Waals surface area contributed by atoms with Crippen LogP contribution < -0.4 is 19.7 Å². The zero-order valence-corrected chi connectivity index (χ0v) is 23.2. The van der Waals surface area contributed by atoms with Crippen LogP contribution in [0.25, 0.3) is 21.8 Å². The van der Waals surface area contributed by atoms with E-state index in [0.717, 1.165) is 34.9 Å². The maximum Gasteiger partial charge on any atom is 0.251 e. The Balaban J connectivity index is 1.49. The van der Waals surface area contributed by atoms with Crippen LogP contribution in [0.15, 0.2) is 66.7 Å². The van der Waals surface area contributed by atoms with Crippen LogP contribution in [0.2, 0.25) is 0 Å². The van der Waals surface area contributed by atoms with Gasteiger partial charge in [0.1, 0.15) is 6.54 Å². The van der Waals surface area contributed by atoms with Crippen LogP contribution in [0.4, 0.5) is 11.4 Å². The van der Waals surface area contributed by atoms with Gasteiger partial charge in [0.05, 0.1) is 0 Å². The van der Waals surface area contributed by atoms with E-state index in [1.54, 1.807) is 0 Å². The van der Waals surface area contributed by atoms with Gasteiger partial charge in [-0.05, 0) is 90.0 Å². The zero-order chi connectivity index (χ0) is 24.9. The normalized spacial score (nSPS) is 11.1. The maximum absolute atomic E-state index is 12.4. The number of aryl methyl sites for hydroxylation is 1. The number of pyridine rings is 1. The van der Waals surface area contributed by atoms with Crippen LogP contribution in [0.5, 0.6) is 0 Å². The van der Waals surface area contributed by atoms with Crippen molar-refractivity contribution in [3.63, 3.8) is 0 Å². The second-order valence-electron chi connectivity index (χ2n) is 9.39. The summed E-state index contributed by atoms with van der Waals surface area (Å²) >= 11 is 2.25. The Hall–Kier alpha value is -2.87. The number of halogens is 1. The van der Waals surface area contributed by atoms with Gasteiger partial charge in [0.2, 0.25) is 11.0 Å². The molecule has 1 aromatic heterocycles. The van der Waals surface area contributed by atoms with E-state index < -0.39 is 0 Å². The number of anilines is 2. The van der Waals surface area contributed by atoms with Gasteiger partial charge in [0.25, 0.3) is 5.91 Å². The largest absolute Gasteiger partial charge is 0.377 e. The highest BCUT2D eigenvalue weighted by Gasteiger charge is 2.17. The minimum Gasteiger partial charge on any atom is -0.377 e. The molecule has 0 aliphatic rings. The first-order chi connectivity index (χ1) is 16.8. The average molecular weight is 582 g/mol. The fourth-order valence-corrected chi connectivity index (χ4v) is 4.71. The second kappa shape index (κ2) is 11.2. The van der Waals surface area contributed by atoms with E-state index in [4.69, 9.17) is 0 Å². The Kier molecular flexibility index (Phi) is 8.11. The number of rotatable bonds is 9. The fourth-order valence-electron chi connectivity index (χ4n) is 4.35. The summed E-state index contributed by atoms with van der Waals surface area (Å²) in [6.45, 7) is 1.63. The van der Waals surface area contributed by atoms with Crippen molar-refractivity contribution in [2.75, 3.05) is 44.5 Å². The number of nitrogens with zero attached hydrogens (tertiary/aromatic N) is 3. The molecule has 3 aromatic carbocycles. The van der Waals surface area contributed by atoms with Gasteiger partial charge in [-0.2, -0.15) is 4.57 Å². The molecule has 0 radical (unpaired) electrons. The molecule has 4 rings (SSSR count). The molecule has 0 atom stereocenters. The lowest BCUT2D eigenvalue weighted by Crippen LogP contribution is -2.36. The van der Waals surface area contributed by atoms with E-state index in [0.29, 0.717) is 6.54 Å². The fraction of sp³-hybridized carbons (Fsp3) is 0.310. The van der Waals surface area contributed by atoms with Crippen LogP contribution in [0.1, 0.15) is 29.6 Å². The Morgan fingerprint density at radius 3 is 1.89 bits per heavy atom. The van der Waals surface area contributed by atoms with Crippen molar-refractivity contribution in [3.8, 4) is 0 Å². The lowest BCUT2D eigenvalue weighted by Gasteiger charge is -2.15. The number of hydrogen-bond donors (Lipinski definition) is 1. The minimum absolute atomic E-state index is 0.00301. The summed E-state index contributed by atoms with van der Waals surface area (Å²) < 4.78 is 3.60. The highest BCUT2D eigenvalue weighted by molar-refractivity contribution is 14.1. The zero-order valence-electron chi connectivity index (χ0n) is 21.0. The van der Waals surface area contributed by atoms with Gasteiger partial charge in [-0.1, -0.05) is 0 Å². The molecule has 0 aliphatic carbocycles. The van der Waals surface area contributed by atoms with Gasteiger partial charge >= 0.3 is 0 Å². The molecule has 6 heteroatoms. The van der Waals surface area contributed by atoms with E-state index in [9.17, 15) is 4.79 Å². The summed E-state index contributed by atoms with van der Waals surface area (Å²) in [5.41, 5.74) is 5.63. The number of hydrogen-bond acceptors (Lipinski definition) is 3. The number of fused-ring (bicyclic) bond motifs is 2. The third-order valence-electron chi connectivity index (χ3n) is 6.40. The quantitative estimate of drug-likeness (QED) is 0.121. The molecule has 0 fully saturated rings. The maximum atomic E-state index is 12.4. The predicted molar refractivity (Wildman–Crippen MR) is 156 cm³/mol. The van der Waals surface area contributed by atoms with E-state index in [2.05, 4.69) is 113 Å². The average Bonchev–Trinajstić information content (AvgIpc) is 2.85. The van der Waals surface area contributed by atoms with Crippen molar-refractivity contribution in [2.45, 2.75) is 25.8 Å². The van der Waals surface area contributed by atoms with Crippen molar-refractivity contribution in [2.24, 2.45) is 0 Å². The lowest BCUT2D eigenvalue weighted by atomic mass is 10.1. The Morgan fingerprint density at radius 1 is 0.771 bits per heavy atom. The first-order valence-electron chi connectivity index (χ1n) is 12.1. The van der Waals surface area contributed by atoms with E-state index in [-0.39, 0.29) is 5.91 Å². The molecule has 1 heterocycles. The Labute approximate surface area is 221 Å². The first-order valence-corrected chi connectivity index (χ1v) is 13.2. The van der Waals surface area contributed by atoms with Crippen molar-refractivity contribution < 1.29 is 9.36 Å². The lowest BCUT2D eigenvalue weighted by molar-refractivity contribution is -0.645. The molecule has 0 bridgehead atoms.